The van der Waals surface area contributed by atoms with Gasteiger partial charge in [-0.1, -0.05) is 15.9 Å². The zero-order valence-electron chi connectivity index (χ0n) is 14.9. The minimum Gasteiger partial charge on any atom is -0.493 e. The molecule has 1 saturated heterocycles. The Bertz CT molecular complexity index is 578. The van der Waals surface area contributed by atoms with Gasteiger partial charge in [0.2, 0.25) is 5.91 Å². The molecule has 5 nitrogen and oxygen atoms in total. The number of rotatable bonds is 8. The summed E-state index contributed by atoms with van der Waals surface area (Å²) in [4.78, 5) is 14.2. The van der Waals surface area contributed by atoms with Crippen molar-refractivity contribution in [3.63, 3.8) is 0 Å². The zero-order valence-corrected chi connectivity index (χ0v) is 17.4. The summed E-state index contributed by atoms with van der Waals surface area (Å²) in [5.74, 6) is 2.42. The molecule has 0 unspecified atom stereocenters. The van der Waals surface area contributed by atoms with E-state index in [0.717, 1.165) is 66.2 Å². The molecule has 1 fully saturated rings. The number of methoxy groups -OCH3 is 2. The second kappa shape index (κ2) is 10.3. The van der Waals surface area contributed by atoms with Crippen LogP contribution in [0.3, 0.4) is 0 Å². The number of likely N-dealkylation sites (tertiary alicyclic amines) is 1. The van der Waals surface area contributed by atoms with E-state index in [2.05, 4.69) is 44.8 Å². The number of amides is 1. The first-order valence-corrected chi connectivity index (χ1v) is 10.0. The van der Waals surface area contributed by atoms with Crippen LogP contribution in [0.2, 0.25) is 0 Å². The van der Waals surface area contributed by atoms with Crippen molar-refractivity contribution in [2.75, 3.05) is 33.1 Å². The van der Waals surface area contributed by atoms with Crippen LogP contribution in [0.4, 0.5) is 0 Å². The van der Waals surface area contributed by atoms with Crippen molar-refractivity contribution in [2.45, 2.75) is 38.3 Å². The Kier molecular flexibility index (Phi) is 8.39. The van der Waals surface area contributed by atoms with E-state index in [1.807, 2.05) is 6.07 Å². The molecule has 1 aromatic rings. The summed E-state index contributed by atoms with van der Waals surface area (Å²) in [6.07, 6.45) is 3.34. The Balaban J connectivity index is 1.90. The monoisotopic (exact) mass is 430 g/mol. The van der Waals surface area contributed by atoms with Crippen molar-refractivity contribution in [3.05, 3.63) is 22.2 Å². The molecule has 0 bridgehead atoms. The van der Waals surface area contributed by atoms with Crippen LogP contribution in [-0.2, 0) is 11.3 Å². The van der Waals surface area contributed by atoms with Gasteiger partial charge >= 0.3 is 0 Å². The Morgan fingerprint density at radius 1 is 1.32 bits per heavy atom. The summed E-state index contributed by atoms with van der Waals surface area (Å²) in [5, 5.41) is 3.14. The van der Waals surface area contributed by atoms with Crippen LogP contribution >= 0.6 is 28.6 Å². The summed E-state index contributed by atoms with van der Waals surface area (Å²) < 4.78 is 11.9. The molecule has 7 heteroatoms. The predicted molar refractivity (Wildman–Crippen MR) is 107 cm³/mol. The number of halogens is 1. The van der Waals surface area contributed by atoms with Crippen molar-refractivity contribution >= 4 is 34.5 Å². The zero-order chi connectivity index (χ0) is 18.2. The summed E-state index contributed by atoms with van der Waals surface area (Å²) >= 11 is 7.68. The second-order valence-corrected chi connectivity index (χ2v) is 7.61. The van der Waals surface area contributed by atoms with Crippen LogP contribution in [0, 0.1) is 0 Å². The van der Waals surface area contributed by atoms with E-state index in [0.29, 0.717) is 6.42 Å². The Morgan fingerprint density at radius 3 is 2.64 bits per heavy atom. The third kappa shape index (κ3) is 6.08. The molecule has 1 N–H and O–H groups in total. The number of nitrogens with zero attached hydrogens (tertiary/aromatic N) is 1. The molecule has 25 heavy (non-hydrogen) atoms. The lowest BCUT2D eigenvalue weighted by molar-refractivity contribution is -0.122. The lowest BCUT2D eigenvalue weighted by Crippen LogP contribution is -2.44. The summed E-state index contributed by atoms with van der Waals surface area (Å²) in [5.41, 5.74) is 1.10. The number of ether oxygens (including phenoxy) is 2. The molecule has 0 radical (unpaired) electrons. The summed E-state index contributed by atoms with van der Waals surface area (Å²) in [6, 6.07) is 4.27. The minimum absolute atomic E-state index is 0.144. The Morgan fingerprint density at radius 2 is 2.04 bits per heavy atom. The Hall–Kier alpha value is -0.920. The van der Waals surface area contributed by atoms with Gasteiger partial charge in [0.1, 0.15) is 0 Å². The number of benzene rings is 1. The lowest BCUT2D eigenvalue weighted by atomic mass is 10.0. The molecule has 0 saturated carbocycles. The first kappa shape index (κ1) is 20.4. The van der Waals surface area contributed by atoms with Crippen LogP contribution < -0.4 is 14.8 Å². The van der Waals surface area contributed by atoms with Crippen molar-refractivity contribution in [1.82, 2.24) is 10.2 Å². The maximum atomic E-state index is 11.8. The fourth-order valence-corrected chi connectivity index (χ4v) is 3.78. The average molecular weight is 431 g/mol. The van der Waals surface area contributed by atoms with E-state index in [1.165, 1.54) is 0 Å². The molecule has 2 rings (SSSR count). The van der Waals surface area contributed by atoms with Gasteiger partial charge in [0.05, 0.1) is 14.2 Å². The number of carbonyl (C=O) groups is 1. The van der Waals surface area contributed by atoms with E-state index >= 15 is 0 Å². The number of hydrogen-bond acceptors (Lipinski definition) is 5. The number of thiol groups is 1. The molecule has 1 amide bonds. The smallest absolute Gasteiger partial charge is 0.220 e. The van der Waals surface area contributed by atoms with Gasteiger partial charge in [-0.05, 0) is 37.1 Å². The maximum absolute atomic E-state index is 11.8. The average Bonchev–Trinajstić information content (AvgIpc) is 2.61. The number of hydrogen-bond donors (Lipinski definition) is 2. The molecule has 1 aliphatic rings. The predicted octanol–water partition coefficient (Wildman–Crippen LogP) is 3.26. The first-order valence-electron chi connectivity index (χ1n) is 8.60. The standard InChI is InChI=1S/C18H27BrN2O3S/c1-23-16-11-14(19)10-13(18(16)24-2)12-21-7-5-15(6-8-21)20-17(22)4-3-9-25/h10-11,15,25H,3-9,12H2,1-2H3,(H,20,22). The first-order chi connectivity index (χ1) is 12.1. The third-order valence-corrected chi connectivity index (χ3v) is 5.20. The van der Waals surface area contributed by atoms with Gasteiger partial charge in [0, 0.05) is 42.1 Å². The second-order valence-electron chi connectivity index (χ2n) is 6.25. The fraction of sp³-hybridized carbons (Fsp3) is 0.611. The van der Waals surface area contributed by atoms with Gasteiger partial charge in [-0.25, -0.2) is 0 Å². The third-order valence-electron chi connectivity index (χ3n) is 4.43. The molecule has 0 spiro atoms. The molecule has 140 valence electrons. The number of piperidine rings is 1. The van der Waals surface area contributed by atoms with Crippen molar-refractivity contribution in [1.29, 1.82) is 0 Å². The van der Waals surface area contributed by atoms with E-state index in [4.69, 9.17) is 9.47 Å². The lowest BCUT2D eigenvalue weighted by Gasteiger charge is -2.32. The topological polar surface area (TPSA) is 50.8 Å². The molecule has 0 aliphatic carbocycles. The number of carbonyl (C=O) groups excluding carboxylic acids is 1. The van der Waals surface area contributed by atoms with Crippen molar-refractivity contribution < 1.29 is 14.3 Å². The van der Waals surface area contributed by atoms with Gasteiger partial charge in [0.15, 0.2) is 11.5 Å². The van der Waals surface area contributed by atoms with Crippen LogP contribution in [-0.4, -0.2) is 49.9 Å². The summed E-state index contributed by atoms with van der Waals surface area (Å²) in [7, 11) is 3.32. The highest BCUT2D eigenvalue weighted by atomic mass is 79.9. The normalized spacial score (nSPS) is 15.8. The van der Waals surface area contributed by atoms with Gasteiger partial charge in [-0.15, -0.1) is 0 Å². The Labute approximate surface area is 164 Å². The van der Waals surface area contributed by atoms with E-state index in [9.17, 15) is 4.79 Å². The van der Waals surface area contributed by atoms with Gasteiger partial charge < -0.3 is 14.8 Å². The van der Waals surface area contributed by atoms with Crippen LogP contribution in [0.25, 0.3) is 0 Å². The molecular weight excluding hydrogens is 404 g/mol. The van der Waals surface area contributed by atoms with Crippen LogP contribution in [0.5, 0.6) is 11.5 Å². The largest absolute Gasteiger partial charge is 0.493 e. The molecule has 0 aromatic heterocycles. The highest BCUT2D eigenvalue weighted by Crippen LogP contribution is 2.35. The van der Waals surface area contributed by atoms with Gasteiger partial charge in [-0.3, -0.25) is 9.69 Å². The summed E-state index contributed by atoms with van der Waals surface area (Å²) in [6.45, 7) is 2.71. The van der Waals surface area contributed by atoms with E-state index in [1.54, 1.807) is 14.2 Å². The van der Waals surface area contributed by atoms with Crippen molar-refractivity contribution in [2.24, 2.45) is 0 Å². The molecule has 0 atom stereocenters. The highest BCUT2D eigenvalue weighted by molar-refractivity contribution is 9.10. The van der Waals surface area contributed by atoms with Crippen LogP contribution in [0.1, 0.15) is 31.2 Å². The molecular formula is C18H27BrN2O3S. The molecule has 1 heterocycles. The number of nitrogens with one attached hydrogen (secondary N) is 1. The van der Waals surface area contributed by atoms with Crippen molar-refractivity contribution in [3.8, 4) is 11.5 Å². The minimum atomic E-state index is 0.144. The maximum Gasteiger partial charge on any atom is 0.220 e. The van der Waals surface area contributed by atoms with E-state index in [-0.39, 0.29) is 11.9 Å². The van der Waals surface area contributed by atoms with Crippen LogP contribution in [0.15, 0.2) is 16.6 Å². The quantitative estimate of drug-likeness (QED) is 0.621. The fourth-order valence-electron chi connectivity index (χ4n) is 3.14. The van der Waals surface area contributed by atoms with Gasteiger partial charge in [-0.2, -0.15) is 12.6 Å². The molecule has 1 aliphatic heterocycles. The SMILES string of the molecule is COc1cc(Br)cc(CN2CCC(NC(=O)CCCS)CC2)c1OC. The van der Waals surface area contributed by atoms with Gasteiger partial charge in [0.25, 0.3) is 0 Å². The van der Waals surface area contributed by atoms with E-state index < -0.39 is 0 Å². The highest BCUT2D eigenvalue weighted by Gasteiger charge is 2.22. The molecule has 1 aromatic carbocycles.